The first-order chi connectivity index (χ1) is 19.1. The van der Waals surface area contributed by atoms with E-state index in [1.807, 2.05) is 6.92 Å². The van der Waals surface area contributed by atoms with E-state index in [0.29, 0.717) is 46.7 Å². The van der Waals surface area contributed by atoms with Crippen LogP contribution in [-0.2, 0) is 26.2 Å². The lowest BCUT2D eigenvalue weighted by Gasteiger charge is -2.34. The molecule has 0 saturated heterocycles. The maximum absolute atomic E-state index is 14.0. The molecule has 9 nitrogen and oxygen atoms in total. The van der Waals surface area contributed by atoms with Crippen LogP contribution in [0, 0.1) is 0 Å². The van der Waals surface area contributed by atoms with E-state index < -0.39 is 28.5 Å². The summed E-state index contributed by atoms with van der Waals surface area (Å²) >= 11 is 12.5. The molecule has 40 heavy (non-hydrogen) atoms. The van der Waals surface area contributed by atoms with Crippen LogP contribution >= 0.6 is 23.2 Å². The van der Waals surface area contributed by atoms with Crippen LogP contribution < -0.4 is 19.1 Å². The molecule has 218 valence electrons. The monoisotopic (exact) mass is 611 g/mol. The van der Waals surface area contributed by atoms with Gasteiger partial charge in [0.2, 0.25) is 21.8 Å². The third-order valence-electron chi connectivity index (χ3n) is 7.19. The summed E-state index contributed by atoms with van der Waals surface area (Å²) in [5, 5.41) is 3.90. The molecule has 1 atom stereocenters. The molecule has 0 aromatic heterocycles. The molecule has 1 N–H and O–H groups in total. The second-order valence-corrected chi connectivity index (χ2v) is 12.9. The predicted octanol–water partition coefficient (Wildman–Crippen LogP) is 4.79. The number of sulfonamides is 1. The Morgan fingerprint density at radius 2 is 1.73 bits per heavy atom. The molecule has 0 radical (unpaired) electrons. The number of benzene rings is 2. The number of halogens is 2. The van der Waals surface area contributed by atoms with Crippen LogP contribution in [0.2, 0.25) is 10.0 Å². The molecule has 0 bridgehead atoms. The normalized spacial score (nSPS) is 16.2. The fourth-order valence-electron chi connectivity index (χ4n) is 5.10. The summed E-state index contributed by atoms with van der Waals surface area (Å²) in [6.45, 7) is 2.04. The van der Waals surface area contributed by atoms with Crippen LogP contribution in [0.1, 0.15) is 51.0 Å². The highest BCUT2D eigenvalue weighted by Gasteiger charge is 2.33. The van der Waals surface area contributed by atoms with Gasteiger partial charge in [-0.3, -0.25) is 13.9 Å². The number of ether oxygens (including phenoxy) is 2. The lowest BCUT2D eigenvalue weighted by molar-refractivity contribution is -0.140. The molecule has 4 rings (SSSR count). The predicted molar refractivity (Wildman–Crippen MR) is 156 cm³/mol. The summed E-state index contributed by atoms with van der Waals surface area (Å²) in [7, 11) is -3.89. The first-order valence-corrected chi connectivity index (χ1v) is 16.1. The van der Waals surface area contributed by atoms with Gasteiger partial charge in [0.05, 0.1) is 11.9 Å². The van der Waals surface area contributed by atoms with Crippen LogP contribution in [0.25, 0.3) is 0 Å². The zero-order valence-corrected chi connectivity index (χ0v) is 25.0. The second kappa shape index (κ2) is 13.3. The van der Waals surface area contributed by atoms with Crippen molar-refractivity contribution in [1.82, 2.24) is 10.2 Å². The summed E-state index contributed by atoms with van der Waals surface area (Å²) in [5.74, 6) is 0.0854. The molecule has 2 aliphatic rings. The molecule has 1 fully saturated rings. The Morgan fingerprint density at radius 3 is 2.38 bits per heavy atom. The highest BCUT2D eigenvalue weighted by atomic mass is 35.5. The van der Waals surface area contributed by atoms with E-state index in [0.717, 1.165) is 42.7 Å². The minimum absolute atomic E-state index is 0.00414. The van der Waals surface area contributed by atoms with Crippen molar-refractivity contribution in [3.05, 3.63) is 52.0 Å². The van der Waals surface area contributed by atoms with Gasteiger partial charge >= 0.3 is 0 Å². The molecule has 12 heteroatoms. The number of hydrogen-bond acceptors (Lipinski definition) is 6. The Bertz CT molecular complexity index is 1330. The van der Waals surface area contributed by atoms with Crippen LogP contribution in [0.4, 0.5) is 5.69 Å². The van der Waals surface area contributed by atoms with Crippen LogP contribution in [0.15, 0.2) is 36.4 Å². The number of nitrogens with zero attached hydrogens (tertiary/aromatic N) is 2. The topological polar surface area (TPSA) is 105 Å². The number of amides is 2. The van der Waals surface area contributed by atoms with Gasteiger partial charge in [0.25, 0.3) is 0 Å². The molecular formula is C28H35Cl2N3O6S. The van der Waals surface area contributed by atoms with Crippen molar-refractivity contribution in [2.24, 2.45) is 0 Å². The largest absolute Gasteiger partial charge is 0.486 e. The molecule has 1 heterocycles. The van der Waals surface area contributed by atoms with E-state index in [-0.39, 0.29) is 24.2 Å². The first kappa shape index (κ1) is 30.3. The molecule has 0 unspecified atom stereocenters. The van der Waals surface area contributed by atoms with Gasteiger partial charge in [-0.2, -0.15) is 0 Å². The number of carbonyl (C=O) groups excluding carboxylic acids is 2. The molecule has 2 amide bonds. The summed E-state index contributed by atoms with van der Waals surface area (Å²) in [5.41, 5.74) is 0.845. The number of nitrogens with one attached hydrogen (secondary N) is 1. The Balaban J connectivity index is 1.64. The summed E-state index contributed by atoms with van der Waals surface area (Å²) < 4.78 is 38.0. The van der Waals surface area contributed by atoms with Gasteiger partial charge in [0.1, 0.15) is 25.8 Å². The Labute approximate surface area is 245 Å². The first-order valence-electron chi connectivity index (χ1n) is 13.5. The second-order valence-electron chi connectivity index (χ2n) is 10.1. The summed E-state index contributed by atoms with van der Waals surface area (Å²) in [6.07, 6.45) is 6.39. The van der Waals surface area contributed by atoms with Crippen molar-refractivity contribution in [3.8, 4) is 11.5 Å². The van der Waals surface area contributed by atoms with E-state index in [1.54, 1.807) is 30.3 Å². The minimum atomic E-state index is -3.89. The molecule has 1 aliphatic heterocycles. The Kier molecular flexibility index (Phi) is 10.1. The van der Waals surface area contributed by atoms with Crippen LogP contribution in [-0.4, -0.2) is 63.2 Å². The van der Waals surface area contributed by atoms with Gasteiger partial charge in [-0.25, -0.2) is 8.42 Å². The lowest BCUT2D eigenvalue weighted by Crippen LogP contribution is -2.54. The van der Waals surface area contributed by atoms with E-state index >= 15 is 0 Å². The summed E-state index contributed by atoms with van der Waals surface area (Å²) in [4.78, 5) is 28.9. The number of rotatable bonds is 10. The lowest BCUT2D eigenvalue weighted by atomic mass is 9.95. The zero-order valence-electron chi connectivity index (χ0n) is 22.7. The van der Waals surface area contributed by atoms with Crippen molar-refractivity contribution in [2.45, 2.75) is 64.1 Å². The minimum Gasteiger partial charge on any atom is -0.486 e. The smallest absolute Gasteiger partial charge is 0.244 e. The highest BCUT2D eigenvalue weighted by Crippen LogP contribution is 2.35. The standard InChI is InChI=1S/C28H35Cl2N3O6S/c1-3-24(28(35)31-21-7-5-4-6-8-21)32(17-19-9-10-20(29)15-23(19)30)27(34)18-33(40(2,36)37)22-11-12-25-26(16-22)39-14-13-38-25/h9-12,15-16,21,24H,3-8,13-14,17-18H2,1-2H3,(H,31,35)/t24-/m1/s1. The summed E-state index contributed by atoms with van der Waals surface area (Å²) in [6, 6.07) is 8.87. The number of anilines is 1. The third kappa shape index (κ3) is 7.53. The highest BCUT2D eigenvalue weighted by molar-refractivity contribution is 7.92. The average Bonchev–Trinajstić information content (AvgIpc) is 2.92. The van der Waals surface area contributed by atoms with Crippen molar-refractivity contribution >= 4 is 50.7 Å². The van der Waals surface area contributed by atoms with Crippen molar-refractivity contribution < 1.29 is 27.5 Å². The zero-order chi connectivity index (χ0) is 28.9. The molecule has 1 aliphatic carbocycles. The maximum Gasteiger partial charge on any atom is 0.244 e. The van der Waals surface area contributed by atoms with Gasteiger partial charge in [-0.1, -0.05) is 55.5 Å². The van der Waals surface area contributed by atoms with Crippen LogP contribution in [0.5, 0.6) is 11.5 Å². The number of fused-ring (bicyclic) bond motifs is 1. The molecule has 2 aromatic carbocycles. The van der Waals surface area contributed by atoms with Crippen molar-refractivity contribution in [3.63, 3.8) is 0 Å². The number of hydrogen-bond donors (Lipinski definition) is 1. The Morgan fingerprint density at radius 1 is 1.02 bits per heavy atom. The fourth-order valence-corrected chi connectivity index (χ4v) is 6.41. The quantitative estimate of drug-likeness (QED) is 0.414. The van der Waals surface area contributed by atoms with Gasteiger partial charge in [-0.15, -0.1) is 0 Å². The van der Waals surface area contributed by atoms with E-state index in [4.69, 9.17) is 32.7 Å². The van der Waals surface area contributed by atoms with Crippen LogP contribution in [0.3, 0.4) is 0 Å². The molecule has 2 aromatic rings. The molecular weight excluding hydrogens is 577 g/mol. The van der Waals surface area contributed by atoms with E-state index in [2.05, 4.69) is 5.32 Å². The Hall–Kier alpha value is -2.69. The maximum atomic E-state index is 14.0. The molecule has 1 saturated carbocycles. The van der Waals surface area contributed by atoms with Crippen molar-refractivity contribution in [2.75, 3.05) is 30.3 Å². The van der Waals surface area contributed by atoms with E-state index in [1.165, 1.54) is 11.0 Å². The SMILES string of the molecule is CC[C@H](C(=O)NC1CCCCC1)N(Cc1ccc(Cl)cc1Cl)C(=O)CN(c1ccc2c(c1)OCCO2)S(C)(=O)=O. The third-order valence-corrected chi connectivity index (χ3v) is 8.91. The van der Waals surface area contributed by atoms with Gasteiger partial charge in [0.15, 0.2) is 11.5 Å². The van der Waals surface area contributed by atoms with Gasteiger partial charge in [0, 0.05) is 28.7 Å². The molecule has 0 spiro atoms. The fraction of sp³-hybridized carbons (Fsp3) is 0.500. The van der Waals surface area contributed by atoms with Crippen molar-refractivity contribution in [1.29, 1.82) is 0 Å². The van der Waals surface area contributed by atoms with Gasteiger partial charge in [-0.05, 0) is 49.1 Å². The van der Waals surface area contributed by atoms with E-state index in [9.17, 15) is 18.0 Å². The number of carbonyl (C=O) groups is 2. The van der Waals surface area contributed by atoms with Gasteiger partial charge < -0.3 is 19.7 Å². The average molecular weight is 613 g/mol.